The number of carbonyl (C=O) groups excluding carboxylic acids is 1. The van der Waals surface area contributed by atoms with E-state index >= 15 is 0 Å². The van der Waals surface area contributed by atoms with Crippen molar-refractivity contribution in [1.29, 1.82) is 0 Å². The number of aromatic nitrogens is 2. The molecule has 0 fully saturated rings. The summed E-state index contributed by atoms with van der Waals surface area (Å²) in [5.74, 6) is -1.76. The number of hydrogen-bond donors (Lipinski definition) is 0. The third kappa shape index (κ3) is 6.48. The molecule has 0 saturated carbocycles. The zero-order valence-electron chi connectivity index (χ0n) is 18.0. The van der Waals surface area contributed by atoms with Crippen molar-refractivity contribution in [3.8, 4) is 11.3 Å². The average molecular weight is 519 g/mol. The Morgan fingerprint density at radius 2 is 1.63 bits per heavy atom. The summed E-state index contributed by atoms with van der Waals surface area (Å²) in [4.78, 5) is 26.0. The normalized spacial score (nSPS) is 12.2. The first-order chi connectivity index (χ1) is 16.3. The van der Waals surface area contributed by atoms with Crippen LogP contribution < -0.4 is 0 Å². The van der Waals surface area contributed by atoms with Crippen LogP contribution in [0.2, 0.25) is 0 Å². The van der Waals surface area contributed by atoms with Crippen molar-refractivity contribution in [3.05, 3.63) is 76.7 Å². The minimum Gasteiger partial charge on any atom is -0.364 e. The summed E-state index contributed by atoms with van der Waals surface area (Å²) in [6.45, 7) is -0.600. The number of thioether (sulfide) groups is 1. The number of nitrogens with zero attached hydrogens (tertiary/aromatic N) is 3. The predicted molar refractivity (Wildman–Crippen MR) is 113 cm³/mol. The molecule has 0 amide bonds. The van der Waals surface area contributed by atoms with Gasteiger partial charge in [0.1, 0.15) is 11.4 Å². The van der Waals surface area contributed by atoms with Crippen molar-refractivity contribution in [2.75, 3.05) is 13.3 Å². The van der Waals surface area contributed by atoms with Crippen molar-refractivity contribution in [1.82, 2.24) is 15.0 Å². The zero-order chi connectivity index (χ0) is 26.0. The lowest BCUT2D eigenvalue weighted by atomic mass is 10.0. The quantitative estimate of drug-likeness (QED) is 0.166. The van der Waals surface area contributed by atoms with Gasteiger partial charge in [-0.25, -0.2) is 19.2 Å². The number of benzene rings is 2. The van der Waals surface area contributed by atoms with Crippen LogP contribution in [0.5, 0.6) is 0 Å². The highest BCUT2D eigenvalue weighted by molar-refractivity contribution is 7.98. The van der Waals surface area contributed by atoms with Crippen LogP contribution in [0.4, 0.5) is 30.7 Å². The van der Waals surface area contributed by atoms with Gasteiger partial charge in [-0.05, 0) is 42.2 Å². The van der Waals surface area contributed by atoms with Gasteiger partial charge in [-0.1, -0.05) is 23.9 Å². The van der Waals surface area contributed by atoms with Crippen LogP contribution in [0.3, 0.4) is 0 Å². The lowest BCUT2D eigenvalue weighted by Gasteiger charge is -2.19. The molecule has 0 spiro atoms. The fourth-order valence-corrected chi connectivity index (χ4v) is 3.40. The van der Waals surface area contributed by atoms with Crippen LogP contribution in [0.25, 0.3) is 11.3 Å². The molecule has 0 aliphatic carbocycles. The molecule has 0 aliphatic heterocycles. The van der Waals surface area contributed by atoms with Gasteiger partial charge in [-0.15, -0.1) is 5.06 Å². The first-order valence-corrected chi connectivity index (χ1v) is 10.9. The van der Waals surface area contributed by atoms with E-state index in [0.717, 1.165) is 36.1 Å². The van der Waals surface area contributed by atoms with Crippen molar-refractivity contribution in [2.45, 2.75) is 24.1 Å². The number of carbonyl (C=O) groups is 1. The molecule has 1 heterocycles. The summed E-state index contributed by atoms with van der Waals surface area (Å²) in [5.41, 5.74) is -3.74. The van der Waals surface area contributed by atoms with Crippen LogP contribution >= 0.6 is 11.8 Å². The summed E-state index contributed by atoms with van der Waals surface area (Å²) in [5, 5.41) is 0.989. The standard InChI is InChI=1S/C22H16F7N3O2S/c1-32(11-12-7-13(21(24,25)26)9-14(8-12)22(27,28)29)34-19(33)16-10-30-20(35-2)31-18(16)15-5-3-4-6-17(15)23/h3-10H,11H2,1-2H3. The summed E-state index contributed by atoms with van der Waals surface area (Å²) < 4.78 is 92.9. The van der Waals surface area contributed by atoms with E-state index in [1.54, 1.807) is 6.26 Å². The van der Waals surface area contributed by atoms with Crippen molar-refractivity contribution >= 4 is 17.7 Å². The van der Waals surface area contributed by atoms with E-state index in [1.165, 1.54) is 18.2 Å². The average Bonchev–Trinajstić information content (AvgIpc) is 2.77. The number of halogens is 7. The molecule has 1 aromatic heterocycles. The Labute approximate surface area is 198 Å². The monoisotopic (exact) mass is 519 g/mol. The van der Waals surface area contributed by atoms with Gasteiger partial charge in [0, 0.05) is 18.8 Å². The van der Waals surface area contributed by atoms with E-state index in [-0.39, 0.29) is 28.0 Å². The minimum atomic E-state index is -5.02. The summed E-state index contributed by atoms with van der Waals surface area (Å²) in [6.07, 6.45) is -7.27. The molecule has 0 saturated heterocycles. The van der Waals surface area contributed by atoms with Crippen LogP contribution in [0, 0.1) is 5.82 Å². The maximum Gasteiger partial charge on any atom is 0.416 e. The summed E-state index contributed by atoms with van der Waals surface area (Å²) in [6, 6.07) is 6.55. The fourth-order valence-electron chi connectivity index (χ4n) is 3.06. The van der Waals surface area contributed by atoms with E-state index < -0.39 is 47.4 Å². The molecule has 13 heteroatoms. The van der Waals surface area contributed by atoms with Crippen LogP contribution in [-0.2, 0) is 23.7 Å². The second-order valence-corrected chi connectivity index (χ2v) is 7.95. The first-order valence-electron chi connectivity index (χ1n) is 9.67. The maximum absolute atomic E-state index is 14.4. The van der Waals surface area contributed by atoms with E-state index in [0.29, 0.717) is 12.1 Å². The van der Waals surface area contributed by atoms with Gasteiger partial charge in [0.25, 0.3) is 0 Å². The van der Waals surface area contributed by atoms with E-state index in [1.807, 2.05) is 0 Å². The van der Waals surface area contributed by atoms with Crippen molar-refractivity contribution in [3.63, 3.8) is 0 Å². The molecular formula is C22H16F7N3O2S. The molecule has 0 aliphatic rings. The molecular weight excluding hydrogens is 503 g/mol. The minimum absolute atomic E-state index is 0.000822. The van der Waals surface area contributed by atoms with Gasteiger partial charge >= 0.3 is 18.3 Å². The molecule has 3 aromatic rings. The maximum atomic E-state index is 14.4. The lowest BCUT2D eigenvalue weighted by molar-refractivity contribution is -0.143. The highest BCUT2D eigenvalue weighted by Crippen LogP contribution is 2.36. The van der Waals surface area contributed by atoms with E-state index in [9.17, 15) is 35.5 Å². The number of hydrogen-bond acceptors (Lipinski definition) is 6. The highest BCUT2D eigenvalue weighted by Gasteiger charge is 2.37. The number of alkyl halides is 6. The SMILES string of the molecule is CSc1ncc(C(=O)ON(C)Cc2cc(C(F)(F)F)cc(C(F)(F)F)c2)c(-c2ccccc2F)n1. The highest BCUT2D eigenvalue weighted by atomic mass is 32.2. The Morgan fingerprint density at radius 3 is 2.17 bits per heavy atom. The van der Waals surface area contributed by atoms with Crippen molar-refractivity contribution < 1.29 is 40.4 Å². The second kappa shape index (κ2) is 10.2. The van der Waals surface area contributed by atoms with Crippen LogP contribution in [0.1, 0.15) is 27.0 Å². The Balaban J connectivity index is 1.89. The van der Waals surface area contributed by atoms with E-state index in [4.69, 9.17) is 4.84 Å². The topological polar surface area (TPSA) is 55.3 Å². The number of hydroxylamine groups is 2. The molecule has 0 atom stereocenters. The van der Waals surface area contributed by atoms with Crippen molar-refractivity contribution in [2.24, 2.45) is 0 Å². The Kier molecular flexibility index (Phi) is 7.70. The lowest BCUT2D eigenvalue weighted by Crippen LogP contribution is -2.24. The Morgan fingerprint density at radius 1 is 1.03 bits per heavy atom. The molecule has 5 nitrogen and oxygen atoms in total. The second-order valence-electron chi connectivity index (χ2n) is 7.18. The molecule has 0 radical (unpaired) electrons. The van der Waals surface area contributed by atoms with E-state index in [2.05, 4.69) is 9.97 Å². The smallest absolute Gasteiger partial charge is 0.364 e. The fraction of sp³-hybridized carbons (Fsp3) is 0.227. The third-order valence-corrected chi connectivity index (χ3v) is 5.15. The molecule has 2 aromatic carbocycles. The Bertz CT molecular complexity index is 1200. The molecule has 0 N–H and O–H groups in total. The third-order valence-electron chi connectivity index (χ3n) is 4.59. The zero-order valence-corrected chi connectivity index (χ0v) is 18.9. The molecule has 3 rings (SSSR count). The van der Waals surface area contributed by atoms with Crippen LogP contribution in [-0.4, -0.2) is 34.3 Å². The Hall–Kier alpha value is -3.19. The van der Waals surface area contributed by atoms with Gasteiger partial charge in [0.2, 0.25) is 0 Å². The first kappa shape index (κ1) is 26.4. The number of rotatable bonds is 6. The van der Waals surface area contributed by atoms with Gasteiger partial charge in [0.15, 0.2) is 5.16 Å². The molecule has 0 bridgehead atoms. The molecule has 186 valence electrons. The van der Waals surface area contributed by atoms with Gasteiger partial charge in [0.05, 0.1) is 23.4 Å². The summed E-state index contributed by atoms with van der Waals surface area (Å²) >= 11 is 1.14. The van der Waals surface area contributed by atoms with Gasteiger partial charge in [-0.2, -0.15) is 26.3 Å². The molecule has 35 heavy (non-hydrogen) atoms. The van der Waals surface area contributed by atoms with Gasteiger partial charge < -0.3 is 4.84 Å². The largest absolute Gasteiger partial charge is 0.416 e. The van der Waals surface area contributed by atoms with Crippen LogP contribution in [0.15, 0.2) is 53.8 Å². The molecule has 0 unspecified atom stereocenters. The van der Waals surface area contributed by atoms with Gasteiger partial charge in [-0.3, -0.25) is 0 Å². The summed E-state index contributed by atoms with van der Waals surface area (Å²) in [7, 11) is 1.14. The predicted octanol–water partition coefficient (Wildman–Crippen LogP) is 6.25.